The zero-order valence-electron chi connectivity index (χ0n) is 17.1. The number of methoxy groups -OCH3 is 1. The van der Waals surface area contributed by atoms with Gasteiger partial charge in [-0.1, -0.05) is 12.1 Å². The van der Waals surface area contributed by atoms with E-state index in [-0.39, 0.29) is 11.8 Å². The normalized spacial score (nSPS) is 16.3. The van der Waals surface area contributed by atoms with E-state index >= 15 is 0 Å². The lowest BCUT2D eigenvalue weighted by molar-refractivity contribution is -0.125. The predicted octanol–water partition coefficient (Wildman–Crippen LogP) is 3.32. The zero-order chi connectivity index (χ0) is 20.8. The van der Waals surface area contributed by atoms with Crippen LogP contribution in [0.15, 0.2) is 59.2 Å². The van der Waals surface area contributed by atoms with Crippen molar-refractivity contribution in [2.75, 3.05) is 31.6 Å². The second kappa shape index (κ2) is 9.43. The molecule has 1 aromatic carbocycles. The number of nitrogens with zero attached hydrogens (tertiary/aromatic N) is 3. The lowest BCUT2D eigenvalue weighted by Gasteiger charge is -2.32. The van der Waals surface area contributed by atoms with Crippen LogP contribution in [0, 0.1) is 5.92 Å². The molecular formula is C23H26N4O3. The summed E-state index contributed by atoms with van der Waals surface area (Å²) in [4.78, 5) is 14.8. The van der Waals surface area contributed by atoms with Gasteiger partial charge in [0.1, 0.15) is 11.4 Å². The fourth-order valence-corrected chi connectivity index (χ4v) is 3.75. The summed E-state index contributed by atoms with van der Waals surface area (Å²) < 4.78 is 10.6. The van der Waals surface area contributed by atoms with Crippen molar-refractivity contribution in [1.29, 1.82) is 0 Å². The van der Waals surface area contributed by atoms with Crippen LogP contribution < -0.4 is 15.0 Å². The molecule has 3 aromatic rings. The number of anilines is 1. The summed E-state index contributed by atoms with van der Waals surface area (Å²) >= 11 is 0. The molecule has 7 heteroatoms. The minimum atomic E-state index is -0.0457. The molecule has 1 aliphatic heterocycles. The highest BCUT2D eigenvalue weighted by molar-refractivity contribution is 5.79. The van der Waals surface area contributed by atoms with Gasteiger partial charge in [0.05, 0.1) is 19.3 Å². The number of hydrogen-bond acceptors (Lipinski definition) is 6. The summed E-state index contributed by atoms with van der Waals surface area (Å²) in [6.07, 6.45) is 4.24. The Balaban J connectivity index is 1.30. The largest absolute Gasteiger partial charge is 0.497 e. The molecule has 1 fully saturated rings. The van der Waals surface area contributed by atoms with Crippen LogP contribution in [-0.2, 0) is 11.2 Å². The van der Waals surface area contributed by atoms with Gasteiger partial charge in [-0.15, -0.1) is 10.2 Å². The Hall–Kier alpha value is -3.35. The number of aromatic nitrogens is 2. The molecule has 0 spiro atoms. The highest BCUT2D eigenvalue weighted by Crippen LogP contribution is 2.23. The Morgan fingerprint density at radius 3 is 2.93 bits per heavy atom. The summed E-state index contributed by atoms with van der Waals surface area (Å²) in [7, 11) is 1.66. The fourth-order valence-electron chi connectivity index (χ4n) is 3.75. The van der Waals surface area contributed by atoms with Crippen LogP contribution >= 0.6 is 0 Å². The van der Waals surface area contributed by atoms with Gasteiger partial charge >= 0.3 is 0 Å². The lowest BCUT2D eigenvalue weighted by Crippen LogP contribution is -2.43. The van der Waals surface area contributed by atoms with E-state index in [1.54, 1.807) is 13.4 Å². The molecule has 0 radical (unpaired) electrons. The minimum Gasteiger partial charge on any atom is -0.497 e. The average molecular weight is 406 g/mol. The van der Waals surface area contributed by atoms with Crippen molar-refractivity contribution in [1.82, 2.24) is 15.5 Å². The molecule has 30 heavy (non-hydrogen) atoms. The van der Waals surface area contributed by atoms with Crippen LogP contribution in [0.25, 0.3) is 11.5 Å². The number of carbonyl (C=O) groups excluding carboxylic acids is 1. The van der Waals surface area contributed by atoms with Gasteiger partial charge in [-0.2, -0.15) is 0 Å². The van der Waals surface area contributed by atoms with Crippen LogP contribution in [-0.4, -0.2) is 42.8 Å². The van der Waals surface area contributed by atoms with E-state index in [1.165, 1.54) is 0 Å². The molecule has 3 heterocycles. The van der Waals surface area contributed by atoms with Gasteiger partial charge in [0.15, 0.2) is 11.6 Å². The molecule has 0 aliphatic carbocycles. The van der Waals surface area contributed by atoms with Gasteiger partial charge in [-0.05, 0) is 61.2 Å². The van der Waals surface area contributed by atoms with Crippen LogP contribution in [0.3, 0.4) is 0 Å². The first-order valence-corrected chi connectivity index (χ1v) is 10.3. The Morgan fingerprint density at radius 2 is 2.17 bits per heavy atom. The van der Waals surface area contributed by atoms with Crippen molar-refractivity contribution in [2.24, 2.45) is 5.92 Å². The van der Waals surface area contributed by atoms with Crippen LogP contribution in [0.1, 0.15) is 18.4 Å². The van der Waals surface area contributed by atoms with E-state index in [4.69, 9.17) is 9.15 Å². The van der Waals surface area contributed by atoms with E-state index in [0.29, 0.717) is 24.5 Å². The molecule has 156 valence electrons. The molecule has 1 atom stereocenters. The maximum atomic E-state index is 12.7. The summed E-state index contributed by atoms with van der Waals surface area (Å²) in [5.41, 5.74) is 1.85. The highest BCUT2D eigenvalue weighted by atomic mass is 16.5. The number of ether oxygens (including phenoxy) is 1. The quantitative estimate of drug-likeness (QED) is 0.648. The molecule has 1 aliphatic rings. The molecule has 1 saturated heterocycles. The molecule has 1 N–H and O–H groups in total. The number of carbonyl (C=O) groups is 1. The maximum absolute atomic E-state index is 12.7. The molecule has 2 aromatic heterocycles. The molecule has 0 bridgehead atoms. The zero-order valence-corrected chi connectivity index (χ0v) is 17.1. The first-order chi connectivity index (χ1) is 14.7. The van der Waals surface area contributed by atoms with Crippen molar-refractivity contribution >= 4 is 11.7 Å². The molecule has 4 rings (SSSR count). The predicted molar refractivity (Wildman–Crippen MR) is 114 cm³/mol. The standard InChI is InChI=1S/C23H26N4O3/c1-29-19-7-2-5-17(15-19)11-12-24-23(28)18-6-3-13-27(16-18)22-10-9-20(25-26-22)21-8-4-14-30-21/h2,4-5,7-10,14-15,18H,3,6,11-13,16H2,1H3,(H,24,28). The Kier molecular flexibility index (Phi) is 6.27. The Bertz CT molecular complexity index is 957. The Labute approximate surface area is 176 Å². The lowest BCUT2D eigenvalue weighted by atomic mass is 9.97. The first-order valence-electron chi connectivity index (χ1n) is 10.3. The van der Waals surface area contributed by atoms with Crippen molar-refractivity contribution in [3.05, 3.63) is 60.4 Å². The van der Waals surface area contributed by atoms with E-state index in [1.807, 2.05) is 48.5 Å². The molecular weight excluding hydrogens is 380 g/mol. The van der Waals surface area contributed by atoms with Crippen molar-refractivity contribution in [2.45, 2.75) is 19.3 Å². The summed E-state index contributed by atoms with van der Waals surface area (Å²) in [5, 5.41) is 11.7. The maximum Gasteiger partial charge on any atom is 0.224 e. The fraction of sp³-hybridized carbons (Fsp3) is 0.348. The van der Waals surface area contributed by atoms with Crippen LogP contribution in [0.5, 0.6) is 5.75 Å². The van der Waals surface area contributed by atoms with E-state index in [2.05, 4.69) is 20.4 Å². The number of nitrogens with one attached hydrogen (secondary N) is 1. The van der Waals surface area contributed by atoms with Gasteiger partial charge in [0, 0.05) is 19.6 Å². The summed E-state index contributed by atoms with van der Waals surface area (Å²) in [6, 6.07) is 15.5. The van der Waals surface area contributed by atoms with E-state index in [0.717, 1.165) is 42.9 Å². The highest BCUT2D eigenvalue weighted by Gasteiger charge is 2.26. The molecule has 1 unspecified atom stereocenters. The molecule has 1 amide bonds. The van der Waals surface area contributed by atoms with Gasteiger partial charge < -0.3 is 19.4 Å². The minimum absolute atomic E-state index is 0.0457. The Morgan fingerprint density at radius 1 is 1.23 bits per heavy atom. The number of hydrogen-bond donors (Lipinski definition) is 1. The van der Waals surface area contributed by atoms with Gasteiger partial charge in [0.25, 0.3) is 0 Å². The summed E-state index contributed by atoms with van der Waals surface area (Å²) in [5.74, 6) is 2.37. The second-order valence-corrected chi connectivity index (χ2v) is 7.43. The smallest absolute Gasteiger partial charge is 0.224 e. The molecule has 7 nitrogen and oxygen atoms in total. The first kappa shape index (κ1) is 19.9. The van der Waals surface area contributed by atoms with Gasteiger partial charge in [-0.3, -0.25) is 4.79 Å². The SMILES string of the molecule is COc1cccc(CCNC(=O)C2CCCN(c3ccc(-c4ccco4)nn3)C2)c1. The summed E-state index contributed by atoms with van der Waals surface area (Å²) in [6.45, 7) is 2.14. The third kappa shape index (κ3) is 4.79. The van der Waals surface area contributed by atoms with E-state index in [9.17, 15) is 4.79 Å². The van der Waals surface area contributed by atoms with Gasteiger partial charge in [-0.25, -0.2) is 0 Å². The van der Waals surface area contributed by atoms with Crippen LogP contribution in [0.4, 0.5) is 5.82 Å². The number of benzene rings is 1. The number of rotatable bonds is 7. The third-order valence-corrected chi connectivity index (χ3v) is 5.39. The van der Waals surface area contributed by atoms with Gasteiger partial charge in [0.2, 0.25) is 5.91 Å². The number of piperidine rings is 1. The molecule has 0 saturated carbocycles. The van der Waals surface area contributed by atoms with Crippen molar-refractivity contribution < 1.29 is 13.9 Å². The van der Waals surface area contributed by atoms with E-state index < -0.39 is 0 Å². The number of amides is 1. The van der Waals surface area contributed by atoms with Crippen molar-refractivity contribution in [3.8, 4) is 17.2 Å². The number of furan rings is 1. The van der Waals surface area contributed by atoms with Crippen molar-refractivity contribution in [3.63, 3.8) is 0 Å². The second-order valence-electron chi connectivity index (χ2n) is 7.43. The topological polar surface area (TPSA) is 80.5 Å². The average Bonchev–Trinajstić information content (AvgIpc) is 3.34. The van der Waals surface area contributed by atoms with Crippen LogP contribution in [0.2, 0.25) is 0 Å². The third-order valence-electron chi connectivity index (χ3n) is 5.39. The monoisotopic (exact) mass is 406 g/mol.